The molecule has 0 saturated carbocycles. The molecule has 1 heterocycles. The molecule has 3 aromatic rings. The van der Waals surface area contributed by atoms with E-state index in [-0.39, 0.29) is 36.7 Å². The molecule has 0 aromatic heterocycles. The van der Waals surface area contributed by atoms with Crippen LogP contribution in [0.4, 0.5) is 0 Å². The van der Waals surface area contributed by atoms with Crippen LogP contribution in [0.2, 0.25) is 5.02 Å². The molecule has 0 bridgehead atoms. The molecule has 0 spiro atoms. The Bertz CT molecular complexity index is 1440. The lowest BCUT2D eigenvalue weighted by molar-refractivity contribution is -0.139. The number of hydrogen-bond donors (Lipinski definition) is 1. The number of ether oxygens (including phenoxy) is 2. The molecule has 1 aliphatic heterocycles. The number of carbonyl (C=O) groups is 2. The van der Waals surface area contributed by atoms with E-state index in [1.54, 1.807) is 31.2 Å². The van der Waals surface area contributed by atoms with Crippen molar-refractivity contribution in [1.29, 1.82) is 5.26 Å². The number of hydrogen-bond acceptors (Lipinski definition) is 6. The molecule has 6 nitrogen and oxygen atoms in total. The lowest BCUT2D eigenvalue weighted by Gasteiger charge is -2.29. The van der Waals surface area contributed by atoms with Gasteiger partial charge in [0.15, 0.2) is 0 Å². The Morgan fingerprint density at radius 1 is 0.927 bits per heavy atom. The van der Waals surface area contributed by atoms with E-state index in [0.29, 0.717) is 28.3 Å². The fourth-order valence-corrected chi connectivity index (χ4v) is 5.36. The monoisotopic (exact) mass is 568 g/mol. The normalized spacial score (nSPS) is 14.9. The largest absolute Gasteiger partial charge is 0.462 e. The number of rotatable bonds is 11. The van der Waals surface area contributed by atoms with Crippen LogP contribution in [-0.2, 0) is 19.1 Å². The highest BCUT2D eigenvalue weighted by atomic mass is 35.5. The molecule has 1 aliphatic rings. The molecule has 0 aliphatic carbocycles. The van der Waals surface area contributed by atoms with Gasteiger partial charge in [-0.3, -0.25) is 0 Å². The molecular formula is C34H33ClN2O4. The molecule has 7 heteroatoms. The van der Waals surface area contributed by atoms with E-state index in [1.165, 1.54) is 11.1 Å². The topological polar surface area (TPSA) is 88.4 Å². The van der Waals surface area contributed by atoms with Gasteiger partial charge in [0.25, 0.3) is 0 Å². The van der Waals surface area contributed by atoms with Crippen molar-refractivity contribution in [2.24, 2.45) is 0 Å². The number of halogens is 1. The second-order valence-electron chi connectivity index (χ2n) is 9.86. The first-order valence-electron chi connectivity index (χ1n) is 13.7. The molecule has 0 fully saturated rings. The maximum atomic E-state index is 13.6. The first-order chi connectivity index (χ1) is 19.9. The lowest BCUT2D eigenvalue weighted by Crippen LogP contribution is -2.37. The summed E-state index contributed by atoms with van der Waals surface area (Å²) in [5.74, 6) is -0.956. The average Bonchev–Trinajstić information content (AvgIpc) is 2.97. The predicted octanol–water partition coefficient (Wildman–Crippen LogP) is 6.97. The highest BCUT2D eigenvalue weighted by molar-refractivity contribution is 6.31. The lowest BCUT2D eigenvalue weighted by atomic mass is 9.85. The van der Waals surface area contributed by atoms with Gasteiger partial charge < -0.3 is 14.8 Å². The minimum absolute atomic E-state index is 0.0408. The Kier molecular flexibility index (Phi) is 10.4. The van der Waals surface area contributed by atoms with Crippen LogP contribution in [0.1, 0.15) is 55.7 Å². The van der Waals surface area contributed by atoms with Crippen molar-refractivity contribution in [3.05, 3.63) is 123 Å². The third-order valence-corrected chi connectivity index (χ3v) is 7.25. The van der Waals surface area contributed by atoms with E-state index in [1.807, 2.05) is 49.4 Å². The van der Waals surface area contributed by atoms with Gasteiger partial charge in [-0.25, -0.2) is 9.59 Å². The Morgan fingerprint density at radius 3 is 2.17 bits per heavy atom. The molecular weight excluding hydrogens is 536 g/mol. The third kappa shape index (κ3) is 7.45. The van der Waals surface area contributed by atoms with Crippen LogP contribution in [-0.4, -0.2) is 31.2 Å². The summed E-state index contributed by atoms with van der Waals surface area (Å²) >= 11 is 6.30. The standard InChI is InChI=1S/C34H33ClN2O4/c1-23-30(32(27-16-9-17-28(35)22-27)31(24(2)37-23)34(39)41-21-11-19-36)33(38)40-20-10-18-29(25-12-5-3-6-13-25)26-14-7-4-8-15-26/h3-9,12-17,22,24,29,37H,10-11,18,20-21H2,1-2H3. The zero-order valence-corrected chi connectivity index (χ0v) is 24.0. The molecule has 1 unspecified atom stereocenters. The number of nitrogens with zero attached hydrogens (tertiary/aromatic N) is 1. The van der Waals surface area contributed by atoms with Crippen molar-refractivity contribution in [2.45, 2.75) is 45.1 Å². The number of dihydropyridines is 1. The average molecular weight is 569 g/mol. The number of benzene rings is 3. The van der Waals surface area contributed by atoms with Crippen molar-refractivity contribution in [3.8, 4) is 6.07 Å². The molecule has 41 heavy (non-hydrogen) atoms. The first-order valence-corrected chi connectivity index (χ1v) is 14.1. The summed E-state index contributed by atoms with van der Waals surface area (Å²) in [6, 6.07) is 29.1. The Balaban J connectivity index is 1.56. The number of nitrogens with one attached hydrogen (secondary N) is 1. The number of esters is 2. The van der Waals surface area contributed by atoms with Crippen molar-refractivity contribution in [1.82, 2.24) is 5.32 Å². The van der Waals surface area contributed by atoms with Crippen LogP contribution in [0.3, 0.4) is 0 Å². The van der Waals surface area contributed by atoms with Gasteiger partial charge >= 0.3 is 11.9 Å². The van der Waals surface area contributed by atoms with Crippen LogP contribution in [0.25, 0.3) is 5.57 Å². The Labute approximate surface area is 246 Å². The van der Waals surface area contributed by atoms with Gasteiger partial charge in [-0.15, -0.1) is 0 Å². The highest BCUT2D eigenvalue weighted by Crippen LogP contribution is 2.36. The smallest absolute Gasteiger partial charge is 0.340 e. The minimum Gasteiger partial charge on any atom is -0.462 e. The molecule has 0 saturated heterocycles. The molecule has 0 amide bonds. The van der Waals surface area contributed by atoms with Crippen LogP contribution >= 0.6 is 11.6 Å². The summed E-state index contributed by atoms with van der Waals surface area (Å²) in [7, 11) is 0. The molecule has 1 atom stereocenters. The second kappa shape index (κ2) is 14.3. The molecule has 3 aromatic carbocycles. The second-order valence-corrected chi connectivity index (χ2v) is 10.3. The highest BCUT2D eigenvalue weighted by Gasteiger charge is 2.35. The Morgan fingerprint density at radius 2 is 1.56 bits per heavy atom. The zero-order valence-electron chi connectivity index (χ0n) is 23.2. The van der Waals surface area contributed by atoms with Gasteiger partial charge in [0.2, 0.25) is 0 Å². The summed E-state index contributed by atoms with van der Waals surface area (Å²) in [5.41, 5.74) is 4.60. The van der Waals surface area contributed by atoms with E-state index < -0.39 is 18.0 Å². The molecule has 4 rings (SSSR count). The Hall–Kier alpha value is -4.34. The van der Waals surface area contributed by atoms with E-state index in [0.717, 1.165) is 6.42 Å². The van der Waals surface area contributed by atoms with Gasteiger partial charge in [0.05, 0.1) is 36.3 Å². The van der Waals surface area contributed by atoms with Gasteiger partial charge in [0, 0.05) is 22.2 Å². The van der Waals surface area contributed by atoms with Crippen molar-refractivity contribution >= 4 is 29.1 Å². The van der Waals surface area contributed by atoms with Gasteiger partial charge in [-0.2, -0.15) is 5.26 Å². The van der Waals surface area contributed by atoms with Crippen LogP contribution in [0.5, 0.6) is 0 Å². The number of allylic oxidation sites excluding steroid dienone is 1. The molecule has 1 N–H and O–H groups in total. The van der Waals surface area contributed by atoms with Crippen LogP contribution in [0.15, 0.2) is 102 Å². The van der Waals surface area contributed by atoms with E-state index in [9.17, 15) is 9.59 Å². The molecule has 210 valence electrons. The van der Waals surface area contributed by atoms with Gasteiger partial charge in [-0.05, 0) is 55.5 Å². The van der Waals surface area contributed by atoms with Crippen molar-refractivity contribution < 1.29 is 19.1 Å². The minimum atomic E-state index is -0.596. The van der Waals surface area contributed by atoms with E-state index in [4.69, 9.17) is 26.3 Å². The van der Waals surface area contributed by atoms with Crippen molar-refractivity contribution in [3.63, 3.8) is 0 Å². The number of nitriles is 1. The fourth-order valence-electron chi connectivity index (χ4n) is 5.17. The SMILES string of the molecule is CC1=C(C(=O)OCCCC(c2ccccc2)c2ccccc2)C(c2cccc(Cl)c2)=C(C(=O)OCCC#N)C(C)N1. The van der Waals surface area contributed by atoms with Crippen LogP contribution in [0, 0.1) is 11.3 Å². The quantitative estimate of drug-likeness (QED) is 0.198. The van der Waals surface area contributed by atoms with Gasteiger partial charge in [-0.1, -0.05) is 84.4 Å². The summed E-state index contributed by atoms with van der Waals surface area (Å²) in [5, 5.41) is 12.6. The summed E-state index contributed by atoms with van der Waals surface area (Å²) in [6.07, 6.45) is 1.52. The predicted molar refractivity (Wildman–Crippen MR) is 160 cm³/mol. The maximum absolute atomic E-state index is 13.6. The molecule has 0 radical (unpaired) electrons. The third-order valence-electron chi connectivity index (χ3n) is 7.02. The van der Waals surface area contributed by atoms with E-state index >= 15 is 0 Å². The first kappa shape index (κ1) is 29.6. The fraction of sp³-hybridized carbons (Fsp3) is 0.265. The zero-order chi connectivity index (χ0) is 29.2. The summed E-state index contributed by atoms with van der Waals surface area (Å²) in [4.78, 5) is 26.8. The van der Waals surface area contributed by atoms with E-state index in [2.05, 4.69) is 29.6 Å². The van der Waals surface area contributed by atoms with Crippen LogP contribution < -0.4 is 5.32 Å². The van der Waals surface area contributed by atoms with Gasteiger partial charge in [0.1, 0.15) is 6.61 Å². The summed E-state index contributed by atoms with van der Waals surface area (Å²) < 4.78 is 11.2. The van der Waals surface area contributed by atoms with Crippen molar-refractivity contribution in [2.75, 3.05) is 13.2 Å². The summed E-state index contributed by atoms with van der Waals surface area (Å²) in [6.45, 7) is 3.79. The maximum Gasteiger partial charge on any atom is 0.340 e. The number of carbonyl (C=O) groups excluding carboxylic acids is 2.